The first kappa shape index (κ1) is 11.4. The van der Waals surface area contributed by atoms with E-state index in [0.29, 0.717) is 6.42 Å². The van der Waals surface area contributed by atoms with E-state index < -0.39 is 12.9 Å². The largest absolute Gasteiger partial charge is 0.368 e. The topological polar surface area (TPSA) is 70.3 Å². The number of allylic oxidation sites excluding steroid dienone is 1. The first-order valence-electron chi connectivity index (χ1n) is 3.54. The maximum absolute atomic E-state index is 11.1. The van der Waals surface area contributed by atoms with Gasteiger partial charge >= 0.3 is 7.60 Å². The molecule has 2 unspecified atom stereocenters. The molecule has 0 aliphatic heterocycles. The van der Waals surface area contributed by atoms with Gasteiger partial charge in [0, 0.05) is 0 Å². The van der Waals surface area contributed by atoms with Gasteiger partial charge in [-0.05, 0) is 13.3 Å². The van der Waals surface area contributed by atoms with Crippen LogP contribution in [0.2, 0.25) is 0 Å². The minimum Gasteiger partial charge on any atom is -0.320 e. The molecule has 5 heteroatoms. The summed E-state index contributed by atoms with van der Waals surface area (Å²) in [4.78, 5) is 9.10. The van der Waals surface area contributed by atoms with Gasteiger partial charge in [-0.3, -0.25) is 4.57 Å². The van der Waals surface area contributed by atoms with Crippen LogP contribution in [0.1, 0.15) is 20.3 Å². The zero-order valence-electron chi connectivity index (χ0n) is 7.15. The highest BCUT2D eigenvalue weighted by molar-refractivity contribution is 7.57. The zero-order chi connectivity index (χ0) is 9.78. The second-order valence-electron chi connectivity index (χ2n) is 2.40. The molecule has 0 aromatic rings. The van der Waals surface area contributed by atoms with Crippen molar-refractivity contribution < 1.29 is 14.0 Å². The van der Waals surface area contributed by atoms with Gasteiger partial charge in [0.05, 0.1) is 6.10 Å². The van der Waals surface area contributed by atoms with Crippen LogP contribution >= 0.6 is 7.60 Å². The maximum Gasteiger partial charge on any atom is 0.368 e. The molecule has 1 N–H and O–H groups in total. The Morgan fingerprint density at radius 2 is 2.42 bits per heavy atom. The molecule has 0 rings (SSSR count). The molecule has 0 aliphatic rings. The van der Waals surface area contributed by atoms with Gasteiger partial charge in [-0.2, -0.15) is 5.26 Å². The van der Waals surface area contributed by atoms with Gasteiger partial charge in [0.15, 0.2) is 0 Å². The summed E-state index contributed by atoms with van der Waals surface area (Å²) in [5, 5.41) is 7.88. The molecule has 0 aliphatic carbocycles. The quantitative estimate of drug-likeness (QED) is 0.542. The first-order valence-corrected chi connectivity index (χ1v) is 5.12. The van der Waals surface area contributed by atoms with E-state index in [-0.39, 0.29) is 6.10 Å². The smallest absolute Gasteiger partial charge is 0.320 e. The summed E-state index contributed by atoms with van der Waals surface area (Å²) in [5.41, 5.74) is 0. The number of hydrogen-bond acceptors (Lipinski definition) is 3. The van der Waals surface area contributed by atoms with Crippen LogP contribution in [0.15, 0.2) is 11.9 Å². The van der Waals surface area contributed by atoms with Crippen molar-refractivity contribution in [1.82, 2.24) is 0 Å². The van der Waals surface area contributed by atoms with Crippen molar-refractivity contribution in [3.63, 3.8) is 0 Å². The van der Waals surface area contributed by atoms with Gasteiger partial charge in [-0.15, -0.1) is 0 Å². The van der Waals surface area contributed by atoms with Crippen LogP contribution in [0.25, 0.3) is 0 Å². The minimum absolute atomic E-state index is 0.342. The summed E-state index contributed by atoms with van der Waals surface area (Å²) >= 11 is 0. The molecule has 0 fully saturated rings. The highest BCUT2D eigenvalue weighted by Gasteiger charge is 2.26. The third kappa shape index (κ3) is 3.19. The fraction of sp³-hybridized carbons (Fsp3) is 0.571. The molecule has 0 bridgehead atoms. The number of hydrogen-bond donors (Lipinski definition) is 1. The number of nitriles is 1. The lowest BCUT2D eigenvalue weighted by atomic mass is 10.3. The van der Waals surface area contributed by atoms with Crippen LogP contribution in [0.5, 0.6) is 0 Å². The van der Waals surface area contributed by atoms with Gasteiger partial charge in [0.1, 0.15) is 11.4 Å². The van der Waals surface area contributed by atoms with E-state index in [4.69, 9.17) is 14.7 Å². The van der Waals surface area contributed by atoms with Crippen molar-refractivity contribution in [2.24, 2.45) is 0 Å². The lowest BCUT2D eigenvalue weighted by molar-refractivity contribution is 0.190. The SMILES string of the molecule is C=C(C#N)P(=O)(O)OC(C)CC. The summed E-state index contributed by atoms with van der Waals surface area (Å²) in [6, 6.07) is 1.50. The molecule has 0 saturated heterocycles. The van der Waals surface area contributed by atoms with Crippen molar-refractivity contribution in [3.05, 3.63) is 11.9 Å². The average Bonchev–Trinajstić information content (AvgIpc) is 2.02. The lowest BCUT2D eigenvalue weighted by Crippen LogP contribution is -2.04. The highest BCUT2D eigenvalue weighted by Crippen LogP contribution is 2.50. The molecular weight excluding hydrogens is 177 g/mol. The van der Waals surface area contributed by atoms with Crippen molar-refractivity contribution in [2.75, 3.05) is 0 Å². The molecule has 0 radical (unpaired) electrons. The van der Waals surface area contributed by atoms with Crippen molar-refractivity contribution in [1.29, 1.82) is 5.26 Å². The molecule has 0 saturated carbocycles. The molecule has 0 spiro atoms. The van der Waals surface area contributed by atoms with Crippen LogP contribution in [-0.2, 0) is 9.09 Å². The molecule has 0 aromatic carbocycles. The Labute approximate surface area is 72.0 Å². The van der Waals surface area contributed by atoms with Crippen LogP contribution < -0.4 is 0 Å². The first-order chi connectivity index (χ1) is 5.44. The van der Waals surface area contributed by atoms with E-state index >= 15 is 0 Å². The predicted octanol–water partition coefficient (Wildman–Crippen LogP) is 2.02. The third-order valence-corrected chi connectivity index (χ3v) is 2.80. The van der Waals surface area contributed by atoms with Gasteiger partial charge < -0.3 is 9.42 Å². The van der Waals surface area contributed by atoms with Crippen molar-refractivity contribution >= 4 is 7.60 Å². The normalized spacial score (nSPS) is 17.5. The summed E-state index contributed by atoms with van der Waals surface area (Å²) in [6.45, 7) is 6.61. The monoisotopic (exact) mass is 189 g/mol. The Morgan fingerprint density at radius 1 is 1.92 bits per heavy atom. The van der Waals surface area contributed by atoms with E-state index in [0.717, 1.165) is 0 Å². The molecule has 0 heterocycles. The maximum atomic E-state index is 11.1. The van der Waals surface area contributed by atoms with E-state index in [2.05, 4.69) is 6.58 Å². The van der Waals surface area contributed by atoms with Gasteiger partial charge in [0.25, 0.3) is 0 Å². The highest BCUT2D eigenvalue weighted by atomic mass is 31.2. The molecule has 4 nitrogen and oxygen atoms in total. The predicted molar refractivity (Wildman–Crippen MR) is 45.4 cm³/mol. The summed E-state index contributed by atoms with van der Waals surface area (Å²) in [5.74, 6) is 0. The minimum atomic E-state index is -3.91. The standard InChI is InChI=1S/C7H12NO3P/c1-4-6(2)11-12(9,10)7(3)5-8/h6H,3-4H2,1-2H3,(H,9,10). The number of nitrogens with zero attached hydrogens (tertiary/aromatic N) is 1. The molecular formula is C7H12NO3P. The molecule has 12 heavy (non-hydrogen) atoms. The van der Waals surface area contributed by atoms with E-state index in [1.165, 1.54) is 6.07 Å². The van der Waals surface area contributed by atoms with Crippen molar-refractivity contribution in [3.8, 4) is 6.07 Å². The Morgan fingerprint density at radius 3 is 2.75 bits per heavy atom. The van der Waals surface area contributed by atoms with E-state index in [9.17, 15) is 4.57 Å². The zero-order valence-corrected chi connectivity index (χ0v) is 8.04. The summed E-state index contributed by atoms with van der Waals surface area (Å²) in [7, 11) is -3.91. The average molecular weight is 189 g/mol. The fourth-order valence-electron chi connectivity index (χ4n) is 0.445. The van der Waals surface area contributed by atoms with Gasteiger partial charge in [-0.25, -0.2) is 0 Å². The second kappa shape index (κ2) is 4.42. The van der Waals surface area contributed by atoms with Crippen LogP contribution in [0.3, 0.4) is 0 Å². The summed E-state index contributed by atoms with van der Waals surface area (Å²) < 4.78 is 15.9. The lowest BCUT2D eigenvalue weighted by Gasteiger charge is -2.14. The fourth-order valence-corrected chi connectivity index (χ4v) is 1.34. The second-order valence-corrected chi connectivity index (χ2v) is 4.19. The van der Waals surface area contributed by atoms with Crippen LogP contribution in [0.4, 0.5) is 0 Å². The number of rotatable bonds is 4. The molecule has 2 atom stereocenters. The Bertz CT molecular complexity index is 256. The Hall–Kier alpha value is -0.620. The van der Waals surface area contributed by atoms with E-state index in [1.54, 1.807) is 6.92 Å². The molecule has 0 amide bonds. The molecule has 68 valence electrons. The Kier molecular flexibility index (Phi) is 4.19. The molecule has 0 aromatic heterocycles. The van der Waals surface area contributed by atoms with Crippen LogP contribution in [0, 0.1) is 11.3 Å². The van der Waals surface area contributed by atoms with Gasteiger partial charge in [0.2, 0.25) is 0 Å². The Balaban J connectivity index is 4.35. The van der Waals surface area contributed by atoms with E-state index in [1.807, 2.05) is 6.92 Å². The van der Waals surface area contributed by atoms with Gasteiger partial charge in [-0.1, -0.05) is 13.5 Å². The van der Waals surface area contributed by atoms with Crippen molar-refractivity contribution in [2.45, 2.75) is 26.4 Å². The third-order valence-electron chi connectivity index (χ3n) is 1.37. The summed E-state index contributed by atoms with van der Waals surface area (Å²) in [6.07, 6.45) is 0.273. The van der Waals surface area contributed by atoms with Crippen LogP contribution in [-0.4, -0.2) is 11.0 Å².